The molecule has 0 spiro atoms. The van der Waals surface area contributed by atoms with Gasteiger partial charge in [-0.2, -0.15) is 0 Å². The van der Waals surface area contributed by atoms with Gasteiger partial charge >= 0.3 is 0 Å². The molecule has 6 nitrogen and oxygen atoms in total. The Morgan fingerprint density at radius 3 is 2.95 bits per heavy atom. The van der Waals surface area contributed by atoms with E-state index in [2.05, 4.69) is 30.5 Å². The van der Waals surface area contributed by atoms with Crippen LogP contribution in [0.2, 0.25) is 0 Å². The number of fused-ring (bicyclic) bond motifs is 1. The van der Waals surface area contributed by atoms with E-state index in [0.717, 1.165) is 43.3 Å². The van der Waals surface area contributed by atoms with E-state index in [1.54, 1.807) is 6.20 Å². The highest BCUT2D eigenvalue weighted by Crippen LogP contribution is 2.25. The van der Waals surface area contributed by atoms with Gasteiger partial charge in [0.2, 0.25) is 5.95 Å². The number of pyridine rings is 1. The highest BCUT2D eigenvalue weighted by Gasteiger charge is 2.30. The third-order valence-corrected chi connectivity index (χ3v) is 4.11. The van der Waals surface area contributed by atoms with Crippen molar-refractivity contribution < 1.29 is 0 Å². The van der Waals surface area contributed by atoms with Crippen molar-refractivity contribution in [2.45, 2.75) is 26.1 Å². The Labute approximate surface area is 123 Å². The van der Waals surface area contributed by atoms with Crippen LogP contribution in [-0.4, -0.2) is 39.0 Å². The van der Waals surface area contributed by atoms with Crippen LogP contribution in [0.25, 0.3) is 0 Å². The molecule has 4 rings (SSSR count). The summed E-state index contributed by atoms with van der Waals surface area (Å²) in [4.78, 5) is 15.8. The Kier molecular flexibility index (Phi) is 3.05. The first-order chi connectivity index (χ1) is 10.3. The minimum absolute atomic E-state index is 0.625. The van der Waals surface area contributed by atoms with Gasteiger partial charge in [0.05, 0.1) is 5.69 Å². The molecule has 21 heavy (non-hydrogen) atoms. The third kappa shape index (κ3) is 2.48. The molecule has 4 heterocycles. The predicted octanol–water partition coefficient (Wildman–Crippen LogP) is 1.21. The molecular formula is C15H18N6. The van der Waals surface area contributed by atoms with Crippen LogP contribution in [0.3, 0.4) is 0 Å². The first-order valence-corrected chi connectivity index (χ1v) is 7.27. The molecule has 0 radical (unpaired) electrons. The lowest BCUT2D eigenvalue weighted by atomic mass is 10.1. The van der Waals surface area contributed by atoms with E-state index in [9.17, 15) is 0 Å². The van der Waals surface area contributed by atoms with Crippen molar-refractivity contribution >= 4 is 11.8 Å². The molecule has 2 aliphatic rings. The van der Waals surface area contributed by atoms with E-state index in [1.807, 2.05) is 25.3 Å². The molecule has 0 saturated carbocycles. The molecule has 6 heteroatoms. The van der Waals surface area contributed by atoms with Crippen LogP contribution in [0.1, 0.15) is 16.8 Å². The molecule has 0 aliphatic carbocycles. The summed E-state index contributed by atoms with van der Waals surface area (Å²) in [7, 11) is 0. The van der Waals surface area contributed by atoms with Gasteiger partial charge < -0.3 is 10.6 Å². The summed E-state index contributed by atoms with van der Waals surface area (Å²) < 4.78 is 0. The maximum atomic E-state index is 4.64. The number of aromatic nitrogens is 3. The number of nitrogens with one attached hydrogen (secondary N) is 2. The quantitative estimate of drug-likeness (QED) is 0.882. The zero-order valence-corrected chi connectivity index (χ0v) is 12.0. The standard InChI is InChI=1S/C15H18N6/c1-10-2-3-17-14(4-10)20-15-18-5-11-8-21(9-13(11)19-15)12-6-16-7-12/h2-5,12,16H,6-9H2,1H3,(H,17,18,19,20). The smallest absolute Gasteiger partial charge is 0.228 e. The van der Waals surface area contributed by atoms with Crippen molar-refractivity contribution in [3.8, 4) is 0 Å². The van der Waals surface area contributed by atoms with Crippen LogP contribution in [0.4, 0.5) is 11.8 Å². The normalized spacial score (nSPS) is 18.3. The van der Waals surface area contributed by atoms with E-state index < -0.39 is 0 Å². The number of rotatable bonds is 3. The maximum absolute atomic E-state index is 4.64. The fourth-order valence-electron chi connectivity index (χ4n) is 2.75. The van der Waals surface area contributed by atoms with Crippen molar-refractivity contribution in [1.29, 1.82) is 0 Å². The minimum Gasteiger partial charge on any atom is -0.314 e. The zero-order valence-electron chi connectivity index (χ0n) is 12.0. The van der Waals surface area contributed by atoms with Crippen LogP contribution < -0.4 is 10.6 Å². The van der Waals surface area contributed by atoms with Crippen LogP contribution in [-0.2, 0) is 13.1 Å². The van der Waals surface area contributed by atoms with Crippen molar-refractivity contribution in [3.05, 3.63) is 41.3 Å². The molecule has 0 bridgehead atoms. The van der Waals surface area contributed by atoms with Crippen molar-refractivity contribution in [3.63, 3.8) is 0 Å². The van der Waals surface area contributed by atoms with Gasteiger partial charge in [-0.15, -0.1) is 0 Å². The lowest BCUT2D eigenvalue weighted by Crippen LogP contribution is -2.55. The fourth-order valence-corrected chi connectivity index (χ4v) is 2.75. The fraction of sp³-hybridized carbons (Fsp3) is 0.400. The van der Waals surface area contributed by atoms with Gasteiger partial charge in [0.15, 0.2) is 0 Å². The van der Waals surface area contributed by atoms with Crippen LogP contribution in [0, 0.1) is 6.92 Å². The lowest BCUT2D eigenvalue weighted by molar-refractivity contribution is 0.145. The first kappa shape index (κ1) is 12.7. The number of anilines is 2. The Bertz CT molecular complexity index is 667. The molecule has 2 aromatic rings. The molecule has 2 aliphatic heterocycles. The number of hydrogen-bond acceptors (Lipinski definition) is 6. The topological polar surface area (TPSA) is 66.0 Å². The Hall–Kier alpha value is -2.05. The molecule has 0 amide bonds. The monoisotopic (exact) mass is 282 g/mol. The van der Waals surface area contributed by atoms with Crippen molar-refractivity contribution in [2.24, 2.45) is 0 Å². The van der Waals surface area contributed by atoms with Gasteiger partial charge in [-0.05, 0) is 24.6 Å². The van der Waals surface area contributed by atoms with Crippen LogP contribution >= 0.6 is 0 Å². The number of aryl methyl sites for hydroxylation is 1. The van der Waals surface area contributed by atoms with Crippen molar-refractivity contribution in [1.82, 2.24) is 25.2 Å². The summed E-state index contributed by atoms with van der Waals surface area (Å²) >= 11 is 0. The summed E-state index contributed by atoms with van der Waals surface area (Å²) in [5.41, 5.74) is 3.54. The second-order valence-electron chi connectivity index (χ2n) is 5.73. The van der Waals surface area contributed by atoms with Crippen LogP contribution in [0.5, 0.6) is 0 Å². The lowest BCUT2D eigenvalue weighted by Gasteiger charge is -2.35. The van der Waals surface area contributed by atoms with E-state index in [4.69, 9.17) is 0 Å². The molecule has 0 atom stereocenters. The molecule has 1 fully saturated rings. The molecule has 108 valence electrons. The highest BCUT2D eigenvalue weighted by molar-refractivity contribution is 5.49. The summed E-state index contributed by atoms with van der Waals surface area (Å²) in [5, 5.41) is 6.50. The van der Waals surface area contributed by atoms with Gasteiger partial charge in [0.25, 0.3) is 0 Å². The van der Waals surface area contributed by atoms with E-state index in [-0.39, 0.29) is 0 Å². The predicted molar refractivity (Wildman–Crippen MR) is 80.2 cm³/mol. The highest BCUT2D eigenvalue weighted by atomic mass is 15.3. The summed E-state index contributed by atoms with van der Waals surface area (Å²) in [6.45, 7) is 6.09. The van der Waals surface area contributed by atoms with Gasteiger partial charge in [-0.1, -0.05) is 0 Å². The summed E-state index contributed by atoms with van der Waals surface area (Å²) in [6, 6.07) is 4.61. The molecular weight excluding hydrogens is 264 g/mol. The van der Waals surface area contributed by atoms with E-state index in [1.165, 1.54) is 5.56 Å². The molecule has 0 aromatic carbocycles. The number of hydrogen-bond donors (Lipinski definition) is 2. The largest absolute Gasteiger partial charge is 0.314 e. The zero-order chi connectivity index (χ0) is 14.2. The molecule has 2 N–H and O–H groups in total. The van der Waals surface area contributed by atoms with Crippen LogP contribution in [0.15, 0.2) is 24.5 Å². The molecule has 0 unspecified atom stereocenters. The first-order valence-electron chi connectivity index (χ1n) is 7.27. The number of nitrogens with zero attached hydrogens (tertiary/aromatic N) is 4. The van der Waals surface area contributed by atoms with Gasteiger partial charge in [0.1, 0.15) is 5.82 Å². The Morgan fingerprint density at radius 2 is 2.19 bits per heavy atom. The second kappa shape index (κ2) is 5.05. The summed E-state index contributed by atoms with van der Waals surface area (Å²) in [5.74, 6) is 1.41. The van der Waals surface area contributed by atoms with E-state index in [0.29, 0.717) is 12.0 Å². The molecule has 1 saturated heterocycles. The molecule has 2 aromatic heterocycles. The third-order valence-electron chi connectivity index (χ3n) is 4.11. The van der Waals surface area contributed by atoms with Gasteiger partial charge in [-0.3, -0.25) is 4.90 Å². The minimum atomic E-state index is 0.625. The van der Waals surface area contributed by atoms with E-state index >= 15 is 0 Å². The average Bonchev–Trinajstić information content (AvgIpc) is 2.79. The van der Waals surface area contributed by atoms with Gasteiger partial charge in [-0.25, -0.2) is 15.0 Å². The van der Waals surface area contributed by atoms with Gasteiger partial charge in [0, 0.05) is 50.2 Å². The SMILES string of the molecule is Cc1ccnc(Nc2ncc3c(n2)CN(C2CNC2)C3)c1. The summed E-state index contributed by atoms with van der Waals surface area (Å²) in [6.07, 6.45) is 3.73. The maximum Gasteiger partial charge on any atom is 0.228 e. The second-order valence-corrected chi connectivity index (χ2v) is 5.73. The van der Waals surface area contributed by atoms with Crippen molar-refractivity contribution in [2.75, 3.05) is 18.4 Å². The Balaban J connectivity index is 1.51. The average molecular weight is 282 g/mol. The Morgan fingerprint density at radius 1 is 1.29 bits per heavy atom.